The van der Waals surface area contributed by atoms with Crippen molar-refractivity contribution in [3.05, 3.63) is 41.7 Å². The number of aliphatic hydroxyl groups excluding tert-OH is 1. The van der Waals surface area contributed by atoms with Crippen LogP contribution in [0.1, 0.15) is 35.2 Å². The number of fused-ring (bicyclic) bond motifs is 2. The molecule has 0 saturated carbocycles. The van der Waals surface area contributed by atoms with Crippen molar-refractivity contribution < 1.29 is 9.90 Å². The van der Waals surface area contributed by atoms with Gasteiger partial charge in [-0.2, -0.15) is 15.0 Å². The van der Waals surface area contributed by atoms with E-state index in [9.17, 15) is 9.90 Å². The van der Waals surface area contributed by atoms with E-state index in [2.05, 4.69) is 10.2 Å². The Morgan fingerprint density at radius 3 is 2.78 bits per heavy atom. The Bertz CT molecular complexity index is 728. The summed E-state index contributed by atoms with van der Waals surface area (Å²) in [5, 5.41) is 17.9. The highest BCUT2D eigenvalue weighted by Crippen LogP contribution is 2.42. The van der Waals surface area contributed by atoms with Gasteiger partial charge in [0.2, 0.25) is 0 Å². The van der Waals surface area contributed by atoms with E-state index in [4.69, 9.17) is 0 Å². The Labute approximate surface area is 134 Å². The number of rotatable bonds is 3. The molecule has 3 unspecified atom stereocenters. The fraction of sp³-hybridized carbons (Fsp3) is 0.471. The molecule has 0 aliphatic carbocycles. The number of carbonyl (C=O) groups is 1. The Morgan fingerprint density at radius 2 is 2.09 bits per heavy atom. The van der Waals surface area contributed by atoms with Crippen LogP contribution in [-0.4, -0.2) is 49.6 Å². The van der Waals surface area contributed by atoms with E-state index >= 15 is 0 Å². The van der Waals surface area contributed by atoms with Gasteiger partial charge in [-0.05, 0) is 38.3 Å². The summed E-state index contributed by atoms with van der Waals surface area (Å²) in [6.07, 6.45) is 6.15. The highest BCUT2D eigenvalue weighted by Gasteiger charge is 2.48. The first-order valence-electron chi connectivity index (χ1n) is 8.10. The van der Waals surface area contributed by atoms with Crippen LogP contribution >= 0.6 is 0 Å². The lowest BCUT2D eigenvalue weighted by Gasteiger charge is -2.25. The van der Waals surface area contributed by atoms with E-state index in [0.717, 1.165) is 24.8 Å². The highest BCUT2D eigenvalue weighted by molar-refractivity contribution is 5.98. The minimum Gasteiger partial charge on any atom is -0.396 e. The zero-order valence-corrected chi connectivity index (χ0v) is 13.1. The van der Waals surface area contributed by atoms with Gasteiger partial charge in [-0.1, -0.05) is 11.6 Å². The molecule has 1 aromatic heterocycles. The van der Waals surface area contributed by atoms with E-state index in [0.29, 0.717) is 11.3 Å². The maximum Gasteiger partial charge on any atom is 0.256 e. The Morgan fingerprint density at radius 1 is 1.30 bits per heavy atom. The molecule has 1 aromatic carbocycles. The molecule has 2 bridgehead atoms. The van der Waals surface area contributed by atoms with Gasteiger partial charge >= 0.3 is 0 Å². The SMILES string of the molecule is Cc1ccc(-n2nccn2)c(C(=O)N2C3CCC2C(CO)C3)c1. The second kappa shape index (κ2) is 5.45. The summed E-state index contributed by atoms with van der Waals surface area (Å²) in [6.45, 7) is 2.14. The van der Waals surface area contributed by atoms with Crippen LogP contribution in [0, 0.1) is 12.8 Å². The van der Waals surface area contributed by atoms with Crippen LogP contribution in [0.15, 0.2) is 30.6 Å². The standard InChI is InChI=1S/C17H20N4O2/c1-11-2-4-16(21-18-6-7-19-21)14(8-11)17(23)20-13-3-5-15(20)12(9-13)10-22/h2,4,6-8,12-13,15,22H,3,5,9-10H2,1H3. The maximum absolute atomic E-state index is 13.2. The molecule has 4 rings (SSSR count). The van der Waals surface area contributed by atoms with Crippen LogP contribution < -0.4 is 0 Å². The van der Waals surface area contributed by atoms with Crippen molar-refractivity contribution in [2.24, 2.45) is 5.92 Å². The summed E-state index contributed by atoms with van der Waals surface area (Å²) in [5.41, 5.74) is 2.38. The van der Waals surface area contributed by atoms with Crippen molar-refractivity contribution in [3.8, 4) is 5.69 Å². The molecule has 3 heterocycles. The second-order valence-corrected chi connectivity index (χ2v) is 6.53. The van der Waals surface area contributed by atoms with Crippen LogP contribution in [0.4, 0.5) is 0 Å². The molecule has 2 aliphatic heterocycles. The summed E-state index contributed by atoms with van der Waals surface area (Å²) in [6, 6.07) is 6.18. The minimum absolute atomic E-state index is 0.0319. The zero-order chi connectivity index (χ0) is 16.0. The first kappa shape index (κ1) is 14.4. The third-order valence-corrected chi connectivity index (χ3v) is 5.15. The summed E-state index contributed by atoms with van der Waals surface area (Å²) in [4.78, 5) is 16.7. The van der Waals surface area contributed by atoms with Crippen LogP contribution in [-0.2, 0) is 0 Å². The first-order chi connectivity index (χ1) is 11.2. The lowest BCUT2D eigenvalue weighted by atomic mass is 9.90. The molecular weight excluding hydrogens is 292 g/mol. The molecule has 1 amide bonds. The van der Waals surface area contributed by atoms with Gasteiger partial charge < -0.3 is 10.0 Å². The van der Waals surface area contributed by atoms with E-state index in [-0.39, 0.29) is 30.5 Å². The lowest BCUT2D eigenvalue weighted by molar-refractivity contribution is 0.0707. The molecule has 0 radical (unpaired) electrons. The molecule has 6 nitrogen and oxygen atoms in total. The molecule has 23 heavy (non-hydrogen) atoms. The normalized spacial score (nSPS) is 26.0. The fourth-order valence-electron chi connectivity index (χ4n) is 4.10. The van der Waals surface area contributed by atoms with Crippen LogP contribution in [0.3, 0.4) is 0 Å². The van der Waals surface area contributed by atoms with Crippen LogP contribution in [0.5, 0.6) is 0 Å². The molecule has 120 valence electrons. The molecule has 0 spiro atoms. The Hall–Kier alpha value is -2.21. The molecule has 3 atom stereocenters. The molecule has 2 aliphatic rings. The number of aryl methyl sites for hydroxylation is 1. The predicted molar refractivity (Wildman–Crippen MR) is 84.3 cm³/mol. The number of amides is 1. The van der Waals surface area contributed by atoms with Crippen molar-refractivity contribution in [2.75, 3.05) is 6.61 Å². The molecule has 2 saturated heterocycles. The topological polar surface area (TPSA) is 71.2 Å². The van der Waals surface area contributed by atoms with E-state index in [1.807, 2.05) is 30.0 Å². The van der Waals surface area contributed by atoms with Gasteiger partial charge in [-0.3, -0.25) is 4.79 Å². The zero-order valence-electron chi connectivity index (χ0n) is 13.1. The van der Waals surface area contributed by atoms with E-state index in [1.54, 1.807) is 12.4 Å². The highest BCUT2D eigenvalue weighted by atomic mass is 16.3. The predicted octanol–water partition coefficient (Wildman–Crippen LogP) is 1.56. The number of nitrogens with zero attached hydrogens (tertiary/aromatic N) is 4. The lowest BCUT2D eigenvalue weighted by Crippen LogP contribution is -2.37. The summed E-state index contributed by atoms with van der Waals surface area (Å²) in [7, 11) is 0. The van der Waals surface area contributed by atoms with Crippen molar-refractivity contribution in [3.63, 3.8) is 0 Å². The van der Waals surface area contributed by atoms with Gasteiger partial charge in [0.15, 0.2) is 0 Å². The minimum atomic E-state index is 0.0319. The van der Waals surface area contributed by atoms with Gasteiger partial charge in [0.1, 0.15) is 0 Å². The monoisotopic (exact) mass is 312 g/mol. The third-order valence-electron chi connectivity index (χ3n) is 5.15. The summed E-state index contributed by atoms with van der Waals surface area (Å²) >= 11 is 0. The number of hydrogen-bond donors (Lipinski definition) is 1. The number of carbonyl (C=O) groups excluding carboxylic acids is 1. The summed E-state index contributed by atoms with van der Waals surface area (Å²) < 4.78 is 0. The van der Waals surface area contributed by atoms with Crippen LogP contribution in [0.25, 0.3) is 5.69 Å². The number of aromatic nitrogens is 3. The molecule has 1 N–H and O–H groups in total. The van der Waals surface area contributed by atoms with Gasteiger partial charge in [-0.25, -0.2) is 0 Å². The van der Waals surface area contributed by atoms with Crippen molar-refractivity contribution in [1.29, 1.82) is 0 Å². The van der Waals surface area contributed by atoms with Gasteiger partial charge in [0.05, 0.1) is 23.6 Å². The average Bonchev–Trinajstić information content (AvgIpc) is 3.29. The average molecular weight is 312 g/mol. The quantitative estimate of drug-likeness (QED) is 0.933. The summed E-state index contributed by atoms with van der Waals surface area (Å²) in [5.74, 6) is 0.248. The molecule has 2 aromatic rings. The van der Waals surface area contributed by atoms with Gasteiger partial charge in [0.25, 0.3) is 5.91 Å². The van der Waals surface area contributed by atoms with Gasteiger partial charge in [0, 0.05) is 24.6 Å². The molecule has 2 fully saturated rings. The smallest absolute Gasteiger partial charge is 0.256 e. The maximum atomic E-state index is 13.2. The Kier molecular flexibility index (Phi) is 3.41. The Balaban J connectivity index is 1.73. The second-order valence-electron chi connectivity index (χ2n) is 6.53. The van der Waals surface area contributed by atoms with E-state index in [1.165, 1.54) is 4.80 Å². The number of aliphatic hydroxyl groups is 1. The molecular formula is C17H20N4O2. The number of hydrogen-bond acceptors (Lipinski definition) is 4. The first-order valence-corrected chi connectivity index (χ1v) is 8.10. The van der Waals surface area contributed by atoms with Crippen molar-refractivity contribution in [1.82, 2.24) is 19.9 Å². The van der Waals surface area contributed by atoms with Gasteiger partial charge in [-0.15, -0.1) is 0 Å². The number of benzene rings is 1. The van der Waals surface area contributed by atoms with E-state index < -0.39 is 0 Å². The third kappa shape index (κ3) is 2.25. The largest absolute Gasteiger partial charge is 0.396 e. The van der Waals surface area contributed by atoms with Crippen molar-refractivity contribution in [2.45, 2.75) is 38.3 Å². The van der Waals surface area contributed by atoms with Crippen molar-refractivity contribution >= 4 is 5.91 Å². The fourth-order valence-corrected chi connectivity index (χ4v) is 4.10. The van der Waals surface area contributed by atoms with Crippen LogP contribution in [0.2, 0.25) is 0 Å². The molecule has 6 heteroatoms.